The third kappa shape index (κ3) is 2.52. The number of nitrogens with one attached hydrogen (secondary N) is 1. The summed E-state index contributed by atoms with van der Waals surface area (Å²) >= 11 is 3.30. The van der Waals surface area contributed by atoms with Gasteiger partial charge in [-0.25, -0.2) is 0 Å². The van der Waals surface area contributed by atoms with Gasteiger partial charge in [0, 0.05) is 10.2 Å². The van der Waals surface area contributed by atoms with E-state index in [2.05, 4.69) is 33.2 Å². The van der Waals surface area contributed by atoms with Crippen LogP contribution in [0.25, 0.3) is 0 Å². The molecule has 1 rings (SSSR count). The van der Waals surface area contributed by atoms with Crippen LogP contribution in [0.4, 0.5) is 5.69 Å². The summed E-state index contributed by atoms with van der Waals surface area (Å²) in [6.45, 7) is 1.89. The van der Waals surface area contributed by atoms with Crippen LogP contribution in [0, 0.1) is 23.7 Å². The van der Waals surface area contributed by atoms with Crippen molar-refractivity contribution in [3.05, 3.63) is 28.2 Å². The van der Waals surface area contributed by atoms with Crippen LogP contribution < -0.4 is 5.32 Å². The molecule has 0 bridgehead atoms. The lowest BCUT2D eigenvalue weighted by atomic mass is 10.2. The molecule has 0 aliphatic rings. The molecule has 1 aromatic rings. The average molecular weight is 249 g/mol. The van der Waals surface area contributed by atoms with E-state index >= 15 is 0 Å². The van der Waals surface area contributed by atoms with Gasteiger partial charge in [-0.2, -0.15) is 5.26 Å². The van der Waals surface area contributed by atoms with Crippen LogP contribution >= 0.6 is 15.9 Å². The summed E-state index contributed by atoms with van der Waals surface area (Å²) in [5.41, 5.74) is 1.52. The molecule has 0 aliphatic carbocycles. The van der Waals surface area contributed by atoms with Crippen molar-refractivity contribution in [1.29, 1.82) is 5.26 Å². The predicted molar refractivity (Wildman–Crippen MR) is 60.8 cm³/mol. The molecule has 0 saturated heterocycles. The lowest BCUT2D eigenvalue weighted by Gasteiger charge is -2.09. The van der Waals surface area contributed by atoms with Crippen LogP contribution in [0.15, 0.2) is 22.7 Å². The highest BCUT2D eigenvalue weighted by atomic mass is 79.9. The first kappa shape index (κ1) is 10.6. The van der Waals surface area contributed by atoms with Crippen molar-refractivity contribution in [2.24, 2.45) is 0 Å². The fourth-order valence-electron chi connectivity index (χ4n) is 0.987. The molecular weight excluding hydrogens is 240 g/mol. The minimum atomic E-state index is -0.0187. The van der Waals surface area contributed by atoms with Crippen molar-refractivity contribution >= 4 is 21.6 Å². The van der Waals surface area contributed by atoms with Gasteiger partial charge in [0.15, 0.2) is 0 Å². The fourth-order valence-corrected chi connectivity index (χ4v) is 1.45. The van der Waals surface area contributed by atoms with E-state index in [4.69, 9.17) is 11.7 Å². The highest BCUT2D eigenvalue weighted by Gasteiger charge is 2.01. The van der Waals surface area contributed by atoms with Gasteiger partial charge >= 0.3 is 0 Å². The number of hydrogen-bond acceptors (Lipinski definition) is 2. The normalized spacial score (nSPS) is 11.1. The van der Waals surface area contributed by atoms with Crippen LogP contribution in [-0.2, 0) is 0 Å². The van der Waals surface area contributed by atoms with Gasteiger partial charge in [-0.15, -0.1) is 6.42 Å². The molecule has 1 unspecified atom stereocenters. The Kier molecular flexibility index (Phi) is 3.56. The molecule has 70 valence electrons. The van der Waals surface area contributed by atoms with Crippen LogP contribution in [0.1, 0.15) is 12.5 Å². The summed E-state index contributed by atoms with van der Waals surface area (Å²) in [5, 5.41) is 11.8. The fraction of sp³-hybridized carbons (Fsp3) is 0.182. The number of benzene rings is 1. The van der Waals surface area contributed by atoms with Gasteiger partial charge in [-0.05, 0) is 41.1 Å². The highest BCUT2D eigenvalue weighted by Crippen LogP contribution is 2.21. The zero-order valence-electron chi connectivity index (χ0n) is 7.71. The quantitative estimate of drug-likeness (QED) is 0.818. The maximum absolute atomic E-state index is 8.70. The molecular formula is C11H9BrN2. The Balaban J connectivity index is 2.89. The number of anilines is 1. The molecule has 1 aromatic carbocycles. The second-order valence-corrected chi connectivity index (χ2v) is 3.69. The predicted octanol–water partition coefficient (Wildman–Crippen LogP) is 2.75. The van der Waals surface area contributed by atoms with Crippen molar-refractivity contribution in [2.75, 3.05) is 5.32 Å². The molecule has 1 atom stereocenters. The molecule has 3 heteroatoms. The van der Waals surface area contributed by atoms with Gasteiger partial charge in [-0.3, -0.25) is 0 Å². The van der Waals surface area contributed by atoms with E-state index in [9.17, 15) is 0 Å². The van der Waals surface area contributed by atoms with E-state index in [1.807, 2.05) is 19.1 Å². The Morgan fingerprint density at radius 1 is 1.57 bits per heavy atom. The monoisotopic (exact) mass is 248 g/mol. The number of terminal acetylenes is 1. The number of hydrogen-bond donors (Lipinski definition) is 1. The number of rotatable bonds is 2. The first-order valence-electron chi connectivity index (χ1n) is 4.09. The molecule has 0 saturated carbocycles. The summed E-state index contributed by atoms with van der Waals surface area (Å²) < 4.78 is 0.772. The first-order valence-corrected chi connectivity index (χ1v) is 4.89. The number of halogens is 1. The molecule has 2 nitrogen and oxygen atoms in total. The van der Waals surface area contributed by atoms with Crippen molar-refractivity contribution < 1.29 is 0 Å². The Morgan fingerprint density at radius 3 is 2.79 bits per heavy atom. The van der Waals surface area contributed by atoms with Crippen molar-refractivity contribution in [2.45, 2.75) is 13.0 Å². The standard InChI is InChI=1S/C11H9BrN2/c1-3-8(2)14-10-5-4-9(7-13)11(12)6-10/h1,4-6,8,14H,2H3. The van der Waals surface area contributed by atoms with Crippen LogP contribution in [0.5, 0.6) is 0 Å². The van der Waals surface area contributed by atoms with E-state index in [-0.39, 0.29) is 6.04 Å². The van der Waals surface area contributed by atoms with E-state index < -0.39 is 0 Å². The van der Waals surface area contributed by atoms with E-state index in [1.54, 1.807) is 6.07 Å². The van der Waals surface area contributed by atoms with Gasteiger partial charge < -0.3 is 5.32 Å². The van der Waals surface area contributed by atoms with E-state index in [0.717, 1.165) is 10.2 Å². The maximum Gasteiger partial charge on any atom is 0.100 e. The van der Waals surface area contributed by atoms with Crippen LogP contribution in [-0.4, -0.2) is 6.04 Å². The summed E-state index contributed by atoms with van der Waals surface area (Å²) in [6, 6.07) is 7.47. The van der Waals surface area contributed by atoms with Crippen molar-refractivity contribution in [3.63, 3.8) is 0 Å². The Morgan fingerprint density at radius 2 is 2.29 bits per heavy atom. The molecule has 1 N–H and O–H groups in total. The second kappa shape index (κ2) is 4.69. The Hall–Kier alpha value is -1.45. The Bertz CT molecular complexity index is 412. The Labute approximate surface area is 92.1 Å². The zero-order chi connectivity index (χ0) is 10.6. The molecule has 0 heterocycles. The average Bonchev–Trinajstić information content (AvgIpc) is 2.18. The summed E-state index contributed by atoms with van der Waals surface area (Å²) in [7, 11) is 0. The van der Waals surface area contributed by atoms with Gasteiger partial charge in [0.1, 0.15) is 6.07 Å². The SMILES string of the molecule is C#CC(C)Nc1ccc(C#N)c(Br)c1. The molecule has 0 radical (unpaired) electrons. The molecule has 0 aromatic heterocycles. The van der Waals surface area contributed by atoms with Crippen molar-refractivity contribution in [3.8, 4) is 18.4 Å². The van der Waals surface area contributed by atoms with Gasteiger partial charge in [0.25, 0.3) is 0 Å². The number of nitrogens with zero attached hydrogens (tertiary/aromatic N) is 1. The van der Waals surface area contributed by atoms with E-state index in [1.165, 1.54) is 0 Å². The molecule has 14 heavy (non-hydrogen) atoms. The van der Waals surface area contributed by atoms with E-state index in [0.29, 0.717) is 5.56 Å². The van der Waals surface area contributed by atoms with Gasteiger partial charge in [-0.1, -0.05) is 5.92 Å². The molecule has 0 aliphatic heterocycles. The lowest BCUT2D eigenvalue weighted by molar-refractivity contribution is 1.03. The highest BCUT2D eigenvalue weighted by molar-refractivity contribution is 9.10. The largest absolute Gasteiger partial charge is 0.372 e. The summed E-state index contributed by atoms with van der Waals surface area (Å²) in [6.07, 6.45) is 5.24. The summed E-state index contributed by atoms with van der Waals surface area (Å²) in [5.74, 6) is 2.57. The zero-order valence-corrected chi connectivity index (χ0v) is 9.30. The smallest absolute Gasteiger partial charge is 0.100 e. The first-order chi connectivity index (χ1) is 6.67. The van der Waals surface area contributed by atoms with Crippen LogP contribution in [0.2, 0.25) is 0 Å². The molecule has 0 spiro atoms. The molecule has 0 amide bonds. The third-order valence-corrected chi connectivity index (χ3v) is 2.38. The maximum atomic E-state index is 8.70. The van der Waals surface area contributed by atoms with Gasteiger partial charge in [0.05, 0.1) is 11.6 Å². The third-order valence-electron chi connectivity index (χ3n) is 1.72. The number of nitriles is 1. The minimum absolute atomic E-state index is 0.0187. The van der Waals surface area contributed by atoms with Gasteiger partial charge in [0.2, 0.25) is 0 Å². The second-order valence-electron chi connectivity index (χ2n) is 2.84. The summed E-state index contributed by atoms with van der Waals surface area (Å²) in [4.78, 5) is 0. The molecule has 0 fully saturated rings. The van der Waals surface area contributed by atoms with Crippen molar-refractivity contribution in [1.82, 2.24) is 0 Å². The minimum Gasteiger partial charge on any atom is -0.372 e. The topological polar surface area (TPSA) is 35.8 Å². The van der Waals surface area contributed by atoms with Crippen LogP contribution in [0.3, 0.4) is 0 Å². The lowest BCUT2D eigenvalue weighted by Crippen LogP contribution is -2.11.